The Kier molecular flexibility index (Phi) is 5.81. The number of carbonyl (C=O) groups excluding carboxylic acids is 1. The molecule has 2 N–H and O–H groups in total. The second-order valence-electron chi connectivity index (χ2n) is 4.92. The van der Waals surface area contributed by atoms with Crippen molar-refractivity contribution in [3.8, 4) is 0 Å². The summed E-state index contributed by atoms with van der Waals surface area (Å²) in [5, 5.41) is 6.17. The van der Waals surface area contributed by atoms with Crippen molar-refractivity contribution in [3.05, 3.63) is 0 Å². The van der Waals surface area contributed by atoms with E-state index >= 15 is 0 Å². The van der Waals surface area contributed by atoms with Crippen LogP contribution in [0.4, 0.5) is 0 Å². The van der Waals surface area contributed by atoms with E-state index in [1.54, 1.807) is 7.05 Å². The Bertz CT molecular complexity index is 212. The first-order valence-electron chi connectivity index (χ1n) is 6.66. The van der Waals surface area contributed by atoms with Gasteiger partial charge in [0.05, 0.1) is 6.04 Å². The largest absolute Gasteiger partial charge is 0.358 e. The van der Waals surface area contributed by atoms with Crippen molar-refractivity contribution >= 4 is 5.91 Å². The maximum absolute atomic E-state index is 11.5. The van der Waals surface area contributed by atoms with E-state index in [-0.39, 0.29) is 11.9 Å². The summed E-state index contributed by atoms with van der Waals surface area (Å²) in [4.78, 5) is 11.5. The zero-order valence-corrected chi connectivity index (χ0v) is 10.9. The summed E-state index contributed by atoms with van der Waals surface area (Å²) in [5.74, 6) is 0.861. The highest BCUT2D eigenvalue weighted by molar-refractivity contribution is 5.80. The maximum Gasteiger partial charge on any atom is 0.236 e. The predicted molar refractivity (Wildman–Crippen MR) is 67.3 cm³/mol. The fourth-order valence-electron chi connectivity index (χ4n) is 2.74. The van der Waals surface area contributed by atoms with Gasteiger partial charge in [-0.2, -0.15) is 0 Å². The molecule has 0 radical (unpaired) electrons. The quantitative estimate of drug-likeness (QED) is 0.753. The van der Waals surface area contributed by atoms with Crippen molar-refractivity contribution in [3.63, 3.8) is 0 Å². The average Bonchev–Trinajstić information content (AvgIpc) is 2.35. The first-order chi connectivity index (χ1) is 7.69. The minimum absolute atomic E-state index is 0.0723. The third kappa shape index (κ3) is 3.78. The fourth-order valence-corrected chi connectivity index (χ4v) is 2.74. The molecule has 0 aromatic carbocycles. The van der Waals surface area contributed by atoms with Crippen LogP contribution < -0.4 is 10.6 Å². The summed E-state index contributed by atoms with van der Waals surface area (Å²) in [6.07, 6.45) is 7.87. The van der Waals surface area contributed by atoms with E-state index in [0.29, 0.717) is 6.04 Å². The zero-order chi connectivity index (χ0) is 12.0. The highest BCUT2D eigenvalue weighted by atomic mass is 16.2. The lowest BCUT2D eigenvalue weighted by atomic mass is 9.82. The van der Waals surface area contributed by atoms with Crippen molar-refractivity contribution in [1.29, 1.82) is 0 Å². The van der Waals surface area contributed by atoms with Crippen LogP contribution in [0.1, 0.15) is 52.4 Å². The Morgan fingerprint density at radius 1 is 1.31 bits per heavy atom. The number of amides is 1. The van der Waals surface area contributed by atoms with Gasteiger partial charge in [0.25, 0.3) is 0 Å². The van der Waals surface area contributed by atoms with Crippen molar-refractivity contribution < 1.29 is 4.79 Å². The lowest BCUT2D eigenvalue weighted by Gasteiger charge is -2.32. The normalized spacial score (nSPS) is 21.4. The summed E-state index contributed by atoms with van der Waals surface area (Å²) in [6.45, 7) is 4.16. The molecule has 1 rings (SSSR count). The molecular formula is C13H26N2O. The van der Waals surface area contributed by atoms with Gasteiger partial charge in [0.1, 0.15) is 0 Å². The monoisotopic (exact) mass is 226 g/mol. The van der Waals surface area contributed by atoms with Crippen LogP contribution in [0.3, 0.4) is 0 Å². The standard InChI is InChI=1S/C13H26N2O/c1-4-12(11-8-6-5-7-9-11)15-10(2)13(16)14-3/h10-12,15H,4-9H2,1-3H3,(H,14,16)/t10-,12?/m1/s1. The maximum atomic E-state index is 11.5. The highest BCUT2D eigenvalue weighted by Crippen LogP contribution is 2.27. The van der Waals surface area contributed by atoms with Crippen molar-refractivity contribution in [2.45, 2.75) is 64.5 Å². The number of hydrogen-bond acceptors (Lipinski definition) is 2. The average molecular weight is 226 g/mol. The molecular weight excluding hydrogens is 200 g/mol. The minimum atomic E-state index is -0.0723. The molecule has 1 saturated carbocycles. The van der Waals surface area contributed by atoms with Gasteiger partial charge >= 0.3 is 0 Å². The minimum Gasteiger partial charge on any atom is -0.358 e. The van der Waals surface area contributed by atoms with Crippen molar-refractivity contribution in [2.75, 3.05) is 7.05 Å². The lowest BCUT2D eigenvalue weighted by Crippen LogP contribution is -2.48. The second-order valence-corrected chi connectivity index (χ2v) is 4.92. The van der Waals surface area contributed by atoms with Crippen LogP contribution in [-0.2, 0) is 4.79 Å². The van der Waals surface area contributed by atoms with Gasteiger partial charge < -0.3 is 10.6 Å². The highest BCUT2D eigenvalue weighted by Gasteiger charge is 2.24. The van der Waals surface area contributed by atoms with Gasteiger partial charge in [0.2, 0.25) is 5.91 Å². The first-order valence-corrected chi connectivity index (χ1v) is 6.66. The number of hydrogen-bond donors (Lipinski definition) is 2. The second kappa shape index (κ2) is 6.89. The van der Waals surface area contributed by atoms with Gasteiger partial charge in [0.15, 0.2) is 0 Å². The molecule has 1 aliphatic carbocycles. The van der Waals surface area contributed by atoms with Crippen LogP contribution >= 0.6 is 0 Å². The number of carbonyl (C=O) groups is 1. The van der Waals surface area contributed by atoms with Gasteiger partial charge in [-0.25, -0.2) is 0 Å². The number of likely N-dealkylation sites (N-methyl/N-ethyl adjacent to an activating group) is 1. The third-order valence-electron chi connectivity index (χ3n) is 3.76. The number of nitrogens with one attached hydrogen (secondary N) is 2. The summed E-state index contributed by atoms with van der Waals surface area (Å²) in [5.41, 5.74) is 0. The van der Waals surface area contributed by atoms with Crippen LogP contribution in [0.25, 0.3) is 0 Å². The SMILES string of the molecule is CCC(N[C@H](C)C(=O)NC)C1CCCCC1. The van der Waals surface area contributed by atoms with Gasteiger partial charge in [-0.05, 0) is 32.1 Å². The zero-order valence-electron chi connectivity index (χ0n) is 10.9. The van der Waals surface area contributed by atoms with Gasteiger partial charge in [-0.1, -0.05) is 26.2 Å². The van der Waals surface area contributed by atoms with Gasteiger partial charge in [-0.15, -0.1) is 0 Å². The van der Waals surface area contributed by atoms with E-state index in [9.17, 15) is 4.79 Å². The van der Waals surface area contributed by atoms with E-state index in [4.69, 9.17) is 0 Å². The molecule has 1 aliphatic rings. The van der Waals surface area contributed by atoms with Crippen LogP contribution in [0.2, 0.25) is 0 Å². The topological polar surface area (TPSA) is 41.1 Å². The van der Waals surface area contributed by atoms with Crippen LogP contribution in [0.5, 0.6) is 0 Å². The van der Waals surface area contributed by atoms with E-state index < -0.39 is 0 Å². The molecule has 1 unspecified atom stereocenters. The molecule has 1 amide bonds. The van der Waals surface area contributed by atoms with Crippen LogP contribution in [-0.4, -0.2) is 25.0 Å². The Labute approximate surface area is 99.4 Å². The van der Waals surface area contributed by atoms with E-state index in [1.165, 1.54) is 32.1 Å². The predicted octanol–water partition coefficient (Wildman–Crippen LogP) is 2.07. The summed E-state index contributed by atoms with van der Waals surface area (Å²) in [6, 6.07) is 0.435. The summed E-state index contributed by atoms with van der Waals surface area (Å²) < 4.78 is 0. The van der Waals surface area contributed by atoms with E-state index in [2.05, 4.69) is 17.6 Å². The Hall–Kier alpha value is -0.570. The molecule has 2 atom stereocenters. The molecule has 0 aromatic rings. The first kappa shape index (κ1) is 13.5. The number of rotatable bonds is 5. The molecule has 3 heteroatoms. The third-order valence-corrected chi connectivity index (χ3v) is 3.76. The Morgan fingerprint density at radius 3 is 2.44 bits per heavy atom. The van der Waals surface area contributed by atoms with Crippen LogP contribution in [0.15, 0.2) is 0 Å². The molecule has 16 heavy (non-hydrogen) atoms. The molecule has 94 valence electrons. The molecule has 0 aliphatic heterocycles. The molecule has 0 aromatic heterocycles. The molecule has 0 heterocycles. The molecule has 1 fully saturated rings. The molecule has 0 spiro atoms. The summed E-state index contributed by atoms with van der Waals surface area (Å²) in [7, 11) is 1.70. The lowest BCUT2D eigenvalue weighted by molar-refractivity contribution is -0.122. The van der Waals surface area contributed by atoms with Crippen LogP contribution in [0, 0.1) is 5.92 Å². The van der Waals surface area contributed by atoms with Gasteiger partial charge in [-0.3, -0.25) is 4.79 Å². The Balaban J connectivity index is 2.43. The summed E-state index contributed by atoms with van der Waals surface area (Å²) >= 11 is 0. The van der Waals surface area contributed by atoms with Crippen molar-refractivity contribution in [2.24, 2.45) is 5.92 Å². The molecule has 3 nitrogen and oxygen atoms in total. The smallest absolute Gasteiger partial charge is 0.236 e. The Morgan fingerprint density at radius 2 is 1.94 bits per heavy atom. The van der Waals surface area contributed by atoms with Crippen molar-refractivity contribution in [1.82, 2.24) is 10.6 Å². The van der Waals surface area contributed by atoms with E-state index in [0.717, 1.165) is 12.3 Å². The fraction of sp³-hybridized carbons (Fsp3) is 0.923. The molecule has 0 saturated heterocycles. The van der Waals surface area contributed by atoms with Gasteiger partial charge in [0, 0.05) is 13.1 Å². The molecule has 0 bridgehead atoms. The van der Waals surface area contributed by atoms with E-state index in [1.807, 2.05) is 6.92 Å².